The minimum Gasteiger partial charge on any atom is -0.389 e. The second-order valence-corrected chi connectivity index (χ2v) is 3.11. The Kier molecular flexibility index (Phi) is 3.10. The van der Waals surface area contributed by atoms with Gasteiger partial charge in [-0.3, -0.25) is 0 Å². The highest BCUT2D eigenvalue weighted by molar-refractivity contribution is 5.85. The van der Waals surface area contributed by atoms with Crippen LogP contribution in [0.5, 0.6) is 0 Å². The molecule has 1 heterocycles. The van der Waals surface area contributed by atoms with Gasteiger partial charge in [0.2, 0.25) is 0 Å². The van der Waals surface area contributed by atoms with E-state index in [1.807, 2.05) is 13.8 Å². The van der Waals surface area contributed by atoms with Crippen LogP contribution in [0.1, 0.15) is 13.8 Å². The Hall–Kier alpha value is 0.170. The molecule has 1 aliphatic heterocycles. The molecule has 3 N–H and O–H groups in total. The van der Waals surface area contributed by atoms with Gasteiger partial charge in [-0.05, 0) is 13.8 Å². The van der Waals surface area contributed by atoms with Crippen molar-refractivity contribution in [1.29, 1.82) is 0 Å². The Morgan fingerprint density at radius 3 is 2.00 bits per heavy atom. The van der Waals surface area contributed by atoms with Gasteiger partial charge < -0.3 is 15.5 Å². The normalized spacial score (nSPS) is 37.2. The van der Waals surface area contributed by atoms with E-state index in [9.17, 15) is 5.11 Å². The Bertz CT molecular complexity index is 118. The maximum atomic E-state index is 9.21. The van der Waals surface area contributed by atoms with Crippen molar-refractivity contribution in [2.75, 3.05) is 6.54 Å². The fraction of sp³-hybridized carbons (Fsp3) is 1.00. The predicted octanol–water partition coefficient (Wildman–Crippen LogP) is -0.488. The molecule has 0 aromatic carbocycles. The molecule has 1 fully saturated rings. The number of hydrogen-bond donors (Lipinski definition) is 3. The molecule has 0 unspecified atom stereocenters. The summed E-state index contributed by atoms with van der Waals surface area (Å²) in [5.41, 5.74) is -0.320. The molecule has 0 bridgehead atoms. The van der Waals surface area contributed by atoms with Crippen LogP contribution in [0.4, 0.5) is 0 Å². The molecular weight excluding hydrogens is 154 g/mol. The zero-order valence-electron chi connectivity index (χ0n) is 6.16. The van der Waals surface area contributed by atoms with Gasteiger partial charge in [0.25, 0.3) is 0 Å². The molecular formula is C6H14ClNO2. The lowest BCUT2D eigenvalue weighted by Crippen LogP contribution is -2.42. The Morgan fingerprint density at radius 2 is 1.90 bits per heavy atom. The van der Waals surface area contributed by atoms with Crippen LogP contribution >= 0.6 is 12.4 Å². The first kappa shape index (κ1) is 10.2. The first-order chi connectivity index (χ1) is 4.04. The lowest BCUT2D eigenvalue weighted by molar-refractivity contribution is 0.0210. The monoisotopic (exact) mass is 167 g/mol. The van der Waals surface area contributed by atoms with Crippen molar-refractivity contribution in [2.45, 2.75) is 31.6 Å². The van der Waals surface area contributed by atoms with E-state index in [4.69, 9.17) is 5.11 Å². The maximum Gasteiger partial charge on any atom is 0.0987 e. The summed E-state index contributed by atoms with van der Waals surface area (Å²) in [5, 5.41) is 21.2. The molecule has 10 heavy (non-hydrogen) atoms. The van der Waals surface area contributed by atoms with Crippen molar-refractivity contribution in [3.05, 3.63) is 0 Å². The topological polar surface area (TPSA) is 52.5 Å². The van der Waals surface area contributed by atoms with E-state index in [1.54, 1.807) is 0 Å². The zero-order valence-corrected chi connectivity index (χ0v) is 6.98. The molecule has 0 radical (unpaired) electrons. The number of rotatable bonds is 0. The van der Waals surface area contributed by atoms with Crippen LogP contribution in [-0.4, -0.2) is 34.5 Å². The second kappa shape index (κ2) is 3.05. The third-order valence-corrected chi connectivity index (χ3v) is 1.87. The Balaban J connectivity index is 0.000000810. The highest BCUT2D eigenvalue weighted by Crippen LogP contribution is 2.18. The van der Waals surface area contributed by atoms with Crippen molar-refractivity contribution in [2.24, 2.45) is 0 Å². The summed E-state index contributed by atoms with van der Waals surface area (Å²) in [6.45, 7) is 4.23. The lowest BCUT2D eigenvalue weighted by atomic mass is 9.99. The first-order valence-corrected chi connectivity index (χ1v) is 3.15. The van der Waals surface area contributed by atoms with E-state index in [1.165, 1.54) is 0 Å². The van der Waals surface area contributed by atoms with E-state index in [0.29, 0.717) is 6.54 Å². The van der Waals surface area contributed by atoms with Crippen LogP contribution in [0.25, 0.3) is 0 Å². The average molecular weight is 168 g/mol. The summed E-state index contributed by atoms with van der Waals surface area (Å²) in [5.74, 6) is 0. The number of nitrogens with one attached hydrogen (secondary N) is 1. The molecule has 3 nitrogen and oxygen atoms in total. The van der Waals surface area contributed by atoms with Gasteiger partial charge in [-0.1, -0.05) is 0 Å². The maximum absolute atomic E-state index is 9.21. The Labute approximate surface area is 66.8 Å². The molecule has 0 spiro atoms. The molecule has 1 rings (SSSR count). The molecule has 62 valence electrons. The van der Waals surface area contributed by atoms with Gasteiger partial charge in [0.05, 0.1) is 12.2 Å². The molecule has 0 amide bonds. The van der Waals surface area contributed by atoms with Crippen molar-refractivity contribution < 1.29 is 10.2 Å². The molecule has 0 aliphatic carbocycles. The molecule has 2 atom stereocenters. The van der Waals surface area contributed by atoms with Crippen LogP contribution in [0, 0.1) is 0 Å². The molecule has 0 aromatic heterocycles. The molecule has 1 saturated heterocycles. The summed E-state index contributed by atoms with van der Waals surface area (Å²) in [7, 11) is 0. The van der Waals surface area contributed by atoms with Gasteiger partial charge in [0, 0.05) is 12.1 Å². The first-order valence-electron chi connectivity index (χ1n) is 3.15. The van der Waals surface area contributed by atoms with Gasteiger partial charge >= 0.3 is 0 Å². The molecule has 4 heteroatoms. The minimum absolute atomic E-state index is 0. The Morgan fingerprint density at radius 1 is 1.40 bits per heavy atom. The van der Waals surface area contributed by atoms with E-state index < -0.39 is 12.2 Å². The van der Waals surface area contributed by atoms with E-state index in [2.05, 4.69) is 5.32 Å². The highest BCUT2D eigenvalue weighted by Gasteiger charge is 2.39. The number of aliphatic hydroxyl groups excluding tert-OH is 2. The van der Waals surface area contributed by atoms with Gasteiger partial charge in [-0.2, -0.15) is 0 Å². The predicted molar refractivity (Wildman–Crippen MR) is 41.3 cm³/mol. The minimum atomic E-state index is -0.627. The zero-order chi connectivity index (χ0) is 7.07. The van der Waals surface area contributed by atoms with Crippen molar-refractivity contribution in [3.63, 3.8) is 0 Å². The number of aliphatic hydroxyl groups is 2. The largest absolute Gasteiger partial charge is 0.389 e. The van der Waals surface area contributed by atoms with Crippen LogP contribution < -0.4 is 5.32 Å². The highest BCUT2D eigenvalue weighted by atomic mass is 35.5. The standard InChI is InChI=1S/C6H13NO2.ClH/c1-6(2)5(9)4(8)3-7-6;/h4-5,7-9H,3H2,1-2H3;1H/t4-,5-;/m1./s1. The SMILES string of the molecule is CC1(C)NC[C@@H](O)[C@H]1O.Cl. The summed E-state index contributed by atoms with van der Waals surface area (Å²) < 4.78 is 0. The van der Waals surface area contributed by atoms with E-state index in [0.717, 1.165) is 0 Å². The summed E-state index contributed by atoms with van der Waals surface area (Å²) in [4.78, 5) is 0. The van der Waals surface area contributed by atoms with Crippen LogP contribution in [0.2, 0.25) is 0 Å². The third-order valence-electron chi connectivity index (χ3n) is 1.87. The lowest BCUT2D eigenvalue weighted by Gasteiger charge is -2.22. The summed E-state index contributed by atoms with van der Waals surface area (Å²) in [6.07, 6.45) is -1.22. The quantitative estimate of drug-likeness (QED) is 0.457. The molecule has 0 aromatic rings. The number of β-amino-alcohol motifs (C(OH)–C–C–N with tert-alkyl or cyclic N) is 1. The van der Waals surface area contributed by atoms with Crippen molar-refractivity contribution in [1.82, 2.24) is 5.32 Å². The van der Waals surface area contributed by atoms with Crippen molar-refractivity contribution >= 4 is 12.4 Å². The van der Waals surface area contributed by atoms with Crippen molar-refractivity contribution in [3.8, 4) is 0 Å². The van der Waals surface area contributed by atoms with E-state index >= 15 is 0 Å². The van der Waals surface area contributed by atoms with Gasteiger partial charge in [0.1, 0.15) is 0 Å². The third kappa shape index (κ3) is 1.61. The average Bonchev–Trinajstić information content (AvgIpc) is 1.97. The van der Waals surface area contributed by atoms with Gasteiger partial charge in [-0.15, -0.1) is 12.4 Å². The van der Waals surface area contributed by atoms with Crippen LogP contribution in [0.3, 0.4) is 0 Å². The van der Waals surface area contributed by atoms with E-state index in [-0.39, 0.29) is 17.9 Å². The number of halogens is 1. The molecule has 1 aliphatic rings. The smallest absolute Gasteiger partial charge is 0.0987 e. The van der Waals surface area contributed by atoms with Gasteiger partial charge in [0.15, 0.2) is 0 Å². The molecule has 0 saturated carbocycles. The van der Waals surface area contributed by atoms with Gasteiger partial charge in [-0.25, -0.2) is 0 Å². The fourth-order valence-electron chi connectivity index (χ4n) is 1.06. The van der Waals surface area contributed by atoms with Crippen LogP contribution in [-0.2, 0) is 0 Å². The summed E-state index contributed by atoms with van der Waals surface area (Å²) >= 11 is 0. The van der Waals surface area contributed by atoms with Crippen LogP contribution in [0.15, 0.2) is 0 Å². The second-order valence-electron chi connectivity index (χ2n) is 3.11. The summed E-state index contributed by atoms with van der Waals surface area (Å²) in [6, 6.07) is 0. The fourth-order valence-corrected chi connectivity index (χ4v) is 1.06. The number of hydrogen-bond acceptors (Lipinski definition) is 3.